The zero-order valence-electron chi connectivity index (χ0n) is 16.1. The summed E-state index contributed by atoms with van der Waals surface area (Å²) in [5.41, 5.74) is 3.30. The fraction of sp³-hybridized carbons (Fsp3) is 0.350. The van der Waals surface area contributed by atoms with Crippen molar-refractivity contribution in [3.63, 3.8) is 0 Å². The lowest BCUT2D eigenvalue weighted by atomic mass is 10.3. The van der Waals surface area contributed by atoms with Crippen molar-refractivity contribution in [2.24, 2.45) is 4.99 Å². The molecule has 0 amide bonds. The quantitative estimate of drug-likeness (QED) is 0.382. The summed E-state index contributed by atoms with van der Waals surface area (Å²) >= 11 is 0. The molecule has 0 aliphatic carbocycles. The van der Waals surface area contributed by atoms with Crippen LogP contribution in [-0.4, -0.2) is 41.2 Å². The van der Waals surface area contributed by atoms with E-state index in [0.29, 0.717) is 12.4 Å². The first-order valence-corrected chi connectivity index (χ1v) is 9.06. The molecule has 2 N–H and O–H groups in total. The number of rotatable bonds is 7. The molecule has 3 aromatic rings. The molecule has 0 saturated carbocycles. The molecule has 0 saturated heterocycles. The smallest absolute Gasteiger partial charge is 0.212 e. The van der Waals surface area contributed by atoms with Crippen LogP contribution >= 0.6 is 0 Å². The van der Waals surface area contributed by atoms with Crippen molar-refractivity contribution in [2.75, 3.05) is 20.7 Å². The second-order valence-electron chi connectivity index (χ2n) is 6.21. The summed E-state index contributed by atoms with van der Waals surface area (Å²) in [6.45, 7) is 4.45. The van der Waals surface area contributed by atoms with E-state index in [-0.39, 0.29) is 0 Å². The molecule has 2 heterocycles. The van der Waals surface area contributed by atoms with E-state index in [1.54, 1.807) is 20.4 Å². The highest BCUT2D eigenvalue weighted by Gasteiger charge is 2.06. The summed E-state index contributed by atoms with van der Waals surface area (Å²) in [4.78, 5) is 13.1. The number of hydrogen-bond acceptors (Lipinski definition) is 4. The van der Waals surface area contributed by atoms with Gasteiger partial charge >= 0.3 is 0 Å². The Kier molecular flexibility index (Phi) is 6.25. The minimum Gasteiger partial charge on any atom is -0.481 e. The topological polar surface area (TPSA) is 76.4 Å². The number of fused-ring (bicyclic) bond motifs is 1. The van der Waals surface area contributed by atoms with Crippen molar-refractivity contribution in [1.29, 1.82) is 0 Å². The van der Waals surface area contributed by atoms with Gasteiger partial charge in [0.15, 0.2) is 5.96 Å². The van der Waals surface area contributed by atoms with Crippen molar-refractivity contribution in [3.05, 3.63) is 54.0 Å². The Morgan fingerprint density at radius 2 is 2.04 bits per heavy atom. The van der Waals surface area contributed by atoms with Gasteiger partial charge in [0.05, 0.1) is 18.1 Å². The number of guanidine groups is 1. The van der Waals surface area contributed by atoms with E-state index in [0.717, 1.165) is 42.4 Å². The first-order valence-electron chi connectivity index (χ1n) is 9.06. The van der Waals surface area contributed by atoms with E-state index >= 15 is 0 Å². The maximum absolute atomic E-state index is 5.07. The molecule has 7 nitrogen and oxygen atoms in total. The predicted molar refractivity (Wildman–Crippen MR) is 108 cm³/mol. The average Bonchev–Trinajstić information content (AvgIpc) is 3.03. The van der Waals surface area contributed by atoms with E-state index in [1.807, 2.05) is 18.2 Å². The molecular weight excluding hydrogens is 340 g/mol. The zero-order valence-corrected chi connectivity index (χ0v) is 16.1. The van der Waals surface area contributed by atoms with Crippen LogP contribution in [0.15, 0.2) is 47.6 Å². The predicted octanol–water partition coefficient (Wildman–Crippen LogP) is 2.50. The number of para-hydroxylation sites is 2. The van der Waals surface area contributed by atoms with Crippen LogP contribution in [0.5, 0.6) is 5.88 Å². The molecule has 0 spiro atoms. The lowest BCUT2D eigenvalue weighted by molar-refractivity contribution is 0.397. The van der Waals surface area contributed by atoms with Crippen LogP contribution in [0.25, 0.3) is 11.0 Å². The third-order valence-corrected chi connectivity index (χ3v) is 4.39. The van der Waals surface area contributed by atoms with E-state index in [9.17, 15) is 0 Å². The molecule has 1 aromatic carbocycles. The number of ether oxygens (including phenoxy) is 1. The number of pyridine rings is 1. The number of benzene rings is 1. The standard InChI is InChI=1S/C20H26N6O/c1-15-25-17-7-4-5-8-18(17)26(15)12-6-11-22-20(21-2)24-14-16-9-10-19(27-3)23-13-16/h4-5,7-10,13H,6,11-12,14H2,1-3H3,(H2,21,22,24). The van der Waals surface area contributed by atoms with Crippen molar-refractivity contribution in [1.82, 2.24) is 25.2 Å². The largest absolute Gasteiger partial charge is 0.481 e. The number of imidazole rings is 1. The van der Waals surface area contributed by atoms with Gasteiger partial charge in [0, 0.05) is 38.9 Å². The van der Waals surface area contributed by atoms with Gasteiger partial charge in [0.1, 0.15) is 5.82 Å². The number of hydrogen-bond donors (Lipinski definition) is 2. The fourth-order valence-electron chi connectivity index (χ4n) is 2.96. The van der Waals surface area contributed by atoms with Gasteiger partial charge in [-0.1, -0.05) is 18.2 Å². The molecule has 0 fully saturated rings. The summed E-state index contributed by atoms with van der Waals surface area (Å²) in [6.07, 6.45) is 2.78. The van der Waals surface area contributed by atoms with Crippen LogP contribution < -0.4 is 15.4 Å². The zero-order chi connectivity index (χ0) is 19.1. The molecule has 142 valence electrons. The maximum Gasteiger partial charge on any atom is 0.212 e. The van der Waals surface area contributed by atoms with Crippen molar-refractivity contribution in [3.8, 4) is 5.88 Å². The molecule has 7 heteroatoms. The molecule has 0 aliphatic rings. The van der Waals surface area contributed by atoms with Gasteiger partial charge in [-0.05, 0) is 31.0 Å². The highest BCUT2D eigenvalue weighted by Crippen LogP contribution is 2.15. The van der Waals surface area contributed by atoms with Crippen LogP contribution in [0.1, 0.15) is 17.8 Å². The van der Waals surface area contributed by atoms with Gasteiger partial charge < -0.3 is 19.9 Å². The SMILES string of the molecule is CN=C(NCCCn1c(C)nc2ccccc21)NCc1ccc(OC)nc1. The molecule has 0 aliphatic heterocycles. The normalized spacial score (nSPS) is 11.6. The van der Waals surface area contributed by atoms with Crippen LogP contribution in [0, 0.1) is 6.92 Å². The lowest BCUT2D eigenvalue weighted by Gasteiger charge is -2.13. The number of aryl methyl sites for hydroxylation is 2. The summed E-state index contributed by atoms with van der Waals surface area (Å²) < 4.78 is 7.33. The number of nitrogens with one attached hydrogen (secondary N) is 2. The van der Waals surface area contributed by atoms with Crippen LogP contribution in [0.4, 0.5) is 0 Å². The van der Waals surface area contributed by atoms with Gasteiger partial charge in [0.25, 0.3) is 0 Å². The summed E-state index contributed by atoms with van der Waals surface area (Å²) in [6, 6.07) is 12.1. The fourth-order valence-corrected chi connectivity index (χ4v) is 2.96. The molecule has 27 heavy (non-hydrogen) atoms. The van der Waals surface area contributed by atoms with Crippen molar-refractivity contribution < 1.29 is 4.74 Å². The molecule has 2 aromatic heterocycles. The molecule has 0 bridgehead atoms. The Hall–Kier alpha value is -3.09. The molecule has 0 unspecified atom stereocenters. The number of methoxy groups -OCH3 is 1. The van der Waals surface area contributed by atoms with Gasteiger partial charge in [-0.3, -0.25) is 4.99 Å². The highest BCUT2D eigenvalue weighted by molar-refractivity contribution is 5.79. The minimum absolute atomic E-state index is 0.614. The Labute approximate surface area is 159 Å². The van der Waals surface area contributed by atoms with Gasteiger partial charge in [-0.2, -0.15) is 0 Å². The Bertz CT molecular complexity index is 900. The number of aromatic nitrogens is 3. The van der Waals surface area contributed by atoms with E-state index in [1.165, 1.54) is 5.52 Å². The van der Waals surface area contributed by atoms with Gasteiger partial charge in [0.2, 0.25) is 5.88 Å². The Morgan fingerprint density at radius 3 is 2.78 bits per heavy atom. The second-order valence-corrected chi connectivity index (χ2v) is 6.21. The second kappa shape index (κ2) is 9.02. The number of aliphatic imine (C=N–C) groups is 1. The molecule has 0 atom stereocenters. The molecular formula is C20H26N6O. The third-order valence-electron chi connectivity index (χ3n) is 4.39. The van der Waals surface area contributed by atoms with Gasteiger partial charge in [-0.25, -0.2) is 9.97 Å². The van der Waals surface area contributed by atoms with Crippen molar-refractivity contribution in [2.45, 2.75) is 26.4 Å². The number of nitrogens with zero attached hydrogens (tertiary/aromatic N) is 4. The summed E-state index contributed by atoms with van der Waals surface area (Å²) in [5.74, 6) is 2.44. The Morgan fingerprint density at radius 1 is 1.19 bits per heavy atom. The highest BCUT2D eigenvalue weighted by atomic mass is 16.5. The lowest BCUT2D eigenvalue weighted by Crippen LogP contribution is -2.37. The van der Waals surface area contributed by atoms with E-state index < -0.39 is 0 Å². The monoisotopic (exact) mass is 366 g/mol. The summed E-state index contributed by atoms with van der Waals surface area (Å²) in [7, 11) is 3.38. The first kappa shape index (κ1) is 18.7. The van der Waals surface area contributed by atoms with E-state index in [2.05, 4.69) is 55.3 Å². The minimum atomic E-state index is 0.614. The van der Waals surface area contributed by atoms with Crippen LogP contribution in [0.3, 0.4) is 0 Å². The Balaban J connectivity index is 1.46. The van der Waals surface area contributed by atoms with Crippen LogP contribution in [-0.2, 0) is 13.1 Å². The summed E-state index contributed by atoms with van der Waals surface area (Å²) in [5, 5.41) is 6.65. The maximum atomic E-state index is 5.07. The van der Waals surface area contributed by atoms with Gasteiger partial charge in [-0.15, -0.1) is 0 Å². The van der Waals surface area contributed by atoms with Crippen molar-refractivity contribution >= 4 is 17.0 Å². The molecule has 0 radical (unpaired) electrons. The first-order chi connectivity index (χ1) is 13.2. The molecule has 3 rings (SSSR count). The third kappa shape index (κ3) is 4.75. The average molecular weight is 366 g/mol. The van der Waals surface area contributed by atoms with Crippen LogP contribution in [0.2, 0.25) is 0 Å². The van der Waals surface area contributed by atoms with E-state index in [4.69, 9.17) is 4.74 Å².